The van der Waals surface area contributed by atoms with Crippen molar-refractivity contribution in [3.8, 4) is 11.8 Å². The summed E-state index contributed by atoms with van der Waals surface area (Å²) in [7, 11) is -3.50. The summed E-state index contributed by atoms with van der Waals surface area (Å²) >= 11 is 0. The van der Waals surface area contributed by atoms with Gasteiger partial charge in [0.05, 0.1) is 24.7 Å². The van der Waals surface area contributed by atoms with Crippen molar-refractivity contribution >= 4 is 10.0 Å². The van der Waals surface area contributed by atoms with Crippen LogP contribution in [0.3, 0.4) is 0 Å². The molecule has 6 heteroatoms. The Morgan fingerprint density at radius 2 is 2.30 bits per heavy atom. The number of ether oxygens (including phenoxy) is 1. The Kier molecular flexibility index (Phi) is 4.78. The van der Waals surface area contributed by atoms with Gasteiger partial charge >= 0.3 is 0 Å². The van der Waals surface area contributed by atoms with E-state index >= 15 is 0 Å². The SMILES string of the molecule is CC1COCCN1S(=O)(=O)c1cccc(C#CCN)c1. The van der Waals surface area contributed by atoms with Crippen molar-refractivity contribution in [3.63, 3.8) is 0 Å². The fraction of sp³-hybridized carbons (Fsp3) is 0.429. The molecule has 0 aromatic heterocycles. The molecule has 108 valence electrons. The molecule has 20 heavy (non-hydrogen) atoms. The lowest BCUT2D eigenvalue weighted by molar-refractivity contribution is 0.0393. The maximum absolute atomic E-state index is 12.6. The van der Waals surface area contributed by atoms with Crippen LogP contribution in [0.5, 0.6) is 0 Å². The lowest BCUT2D eigenvalue weighted by atomic mass is 10.2. The average molecular weight is 294 g/mol. The van der Waals surface area contributed by atoms with Crippen LogP contribution in [0, 0.1) is 11.8 Å². The minimum Gasteiger partial charge on any atom is -0.378 e. The maximum atomic E-state index is 12.6. The maximum Gasteiger partial charge on any atom is 0.243 e. The van der Waals surface area contributed by atoms with E-state index in [1.165, 1.54) is 4.31 Å². The highest BCUT2D eigenvalue weighted by molar-refractivity contribution is 7.89. The van der Waals surface area contributed by atoms with E-state index in [1.54, 1.807) is 24.3 Å². The molecule has 0 amide bonds. The summed E-state index contributed by atoms with van der Waals surface area (Å²) in [6.07, 6.45) is 0. The summed E-state index contributed by atoms with van der Waals surface area (Å²) in [6.45, 7) is 3.32. The summed E-state index contributed by atoms with van der Waals surface area (Å²) in [6, 6.07) is 6.47. The highest BCUT2D eigenvalue weighted by atomic mass is 32.2. The van der Waals surface area contributed by atoms with E-state index in [9.17, 15) is 8.42 Å². The van der Waals surface area contributed by atoms with Crippen LogP contribution in [-0.2, 0) is 14.8 Å². The number of hydrogen-bond donors (Lipinski definition) is 1. The zero-order valence-electron chi connectivity index (χ0n) is 11.4. The number of rotatable bonds is 2. The molecule has 0 aliphatic carbocycles. The smallest absolute Gasteiger partial charge is 0.243 e. The van der Waals surface area contributed by atoms with Crippen molar-refractivity contribution in [2.45, 2.75) is 17.9 Å². The summed E-state index contributed by atoms with van der Waals surface area (Å²) in [4.78, 5) is 0.259. The molecule has 0 bridgehead atoms. The summed E-state index contributed by atoms with van der Waals surface area (Å²) in [5, 5.41) is 0. The van der Waals surface area contributed by atoms with Crippen LogP contribution in [0.2, 0.25) is 0 Å². The van der Waals surface area contributed by atoms with Gasteiger partial charge in [-0.2, -0.15) is 4.31 Å². The second-order valence-corrected chi connectivity index (χ2v) is 6.46. The second kappa shape index (κ2) is 6.37. The summed E-state index contributed by atoms with van der Waals surface area (Å²) in [5.74, 6) is 5.57. The molecule has 1 saturated heterocycles. The van der Waals surface area contributed by atoms with Gasteiger partial charge in [-0.15, -0.1) is 0 Å². The average Bonchev–Trinajstić information content (AvgIpc) is 2.45. The highest BCUT2D eigenvalue weighted by Gasteiger charge is 2.31. The molecule has 1 fully saturated rings. The number of sulfonamides is 1. The van der Waals surface area contributed by atoms with E-state index in [2.05, 4.69) is 11.8 Å². The molecule has 0 saturated carbocycles. The fourth-order valence-electron chi connectivity index (χ4n) is 2.09. The molecule has 0 radical (unpaired) electrons. The molecule has 1 aliphatic rings. The first-order valence-corrected chi connectivity index (χ1v) is 7.88. The lowest BCUT2D eigenvalue weighted by Gasteiger charge is -2.32. The van der Waals surface area contributed by atoms with E-state index in [-0.39, 0.29) is 17.5 Å². The van der Waals surface area contributed by atoms with Crippen molar-refractivity contribution in [2.75, 3.05) is 26.3 Å². The van der Waals surface area contributed by atoms with Crippen molar-refractivity contribution < 1.29 is 13.2 Å². The first kappa shape index (κ1) is 15.0. The van der Waals surface area contributed by atoms with E-state index in [1.807, 2.05) is 6.92 Å². The highest BCUT2D eigenvalue weighted by Crippen LogP contribution is 2.21. The molecule has 1 heterocycles. The molecule has 2 rings (SSSR count). The molecule has 2 N–H and O–H groups in total. The van der Waals surface area contributed by atoms with Gasteiger partial charge in [0, 0.05) is 18.2 Å². The van der Waals surface area contributed by atoms with E-state index in [4.69, 9.17) is 10.5 Å². The van der Waals surface area contributed by atoms with Gasteiger partial charge < -0.3 is 10.5 Å². The van der Waals surface area contributed by atoms with E-state index in [0.29, 0.717) is 25.3 Å². The van der Waals surface area contributed by atoms with E-state index < -0.39 is 10.0 Å². The van der Waals surface area contributed by atoms with Crippen molar-refractivity contribution in [2.24, 2.45) is 5.73 Å². The monoisotopic (exact) mass is 294 g/mol. The topological polar surface area (TPSA) is 72.6 Å². The van der Waals surface area contributed by atoms with Gasteiger partial charge in [0.15, 0.2) is 0 Å². The number of hydrogen-bond acceptors (Lipinski definition) is 4. The third-order valence-corrected chi connectivity index (χ3v) is 5.09. The first-order chi connectivity index (χ1) is 9.55. The zero-order valence-corrected chi connectivity index (χ0v) is 12.2. The van der Waals surface area contributed by atoms with Crippen molar-refractivity contribution in [1.82, 2.24) is 4.31 Å². The molecule has 1 aliphatic heterocycles. The molecular weight excluding hydrogens is 276 g/mol. The van der Waals surface area contributed by atoms with Crippen LogP contribution in [0.1, 0.15) is 12.5 Å². The Morgan fingerprint density at radius 3 is 3.00 bits per heavy atom. The van der Waals surface area contributed by atoms with Gasteiger partial charge in [-0.05, 0) is 25.1 Å². The largest absolute Gasteiger partial charge is 0.378 e. The van der Waals surface area contributed by atoms with Gasteiger partial charge in [-0.1, -0.05) is 17.9 Å². The van der Waals surface area contributed by atoms with Crippen LogP contribution in [0.15, 0.2) is 29.2 Å². The van der Waals surface area contributed by atoms with Gasteiger partial charge in [0.1, 0.15) is 0 Å². The quantitative estimate of drug-likeness (QED) is 0.802. The predicted octanol–water partition coefficient (Wildman–Crippen LogP) is 0.406. The van der Waals surface area contributed by atoms with Crippen LogP contribution < -0.4 is 5.73 Å². The fourth-order valence-corrected chi connectivity index (χ4v) is 3.74. The van der Waals surface area contributed by atoms with Crippen LogP contribution in [0.4, 0.5) is 0 Å². The molecule has 1 aromatic carbocycles. The number of nitrogens with zero attached hydrogens (tertiary/aromatic N) is 1. The third kappa shape index (κ3) is 3.19. The number of nitrogens with two attached hydrogens (primary N) is 1. The normalized spacial score (nSPS) is 20.2. The molecule has 1 aromatic rings. The van der Waals surface area contributed by atoms with Gasteiger partial charge in [-0.25, -0.2) is 8.42 Å². The minimum atomic E-state index is -3.50. The van der Waals surface area contributed by atoms with Gasteiger partial charge in [-0.3, -0.25) is 0 Å². The molecular formula is C14H18N2O3S. The van der Waals surface area contributed by atoms with Crippen LogP contribution in [-0.4, -0.2) is 45.1 Å². The Hall–Kier alpha value is -1.39. The molecule has 0 spiro atoms. The molecule has 5 nitrogen and oxygen atoms in total. The van der Waals surface area contributed by atoms with Crippen LogP contribution >= 0.6 is 0 Å². The van der Waals surface area contributed by atoms with Gasteiger partial charge in [0.2, 0.25) is 10.0 Å². The zero-order chi connectivity index (χ0) is 14.6. The Morgan fingerprint density at radius 1 is 1.50 bits per heavy atom. The van der Waals surface area contributed by atoms with E-state index in [0.717, 1.165) is 0 Å². The van der Waals surface area contributed by atoms with Crippen molar-refractivity contribution in [1.29, 1.82) is 0 Å². The molecule has 1 unspecified atom stereocenters. The second-order valence-electron chi connectivity index (χ2n) is 4.57. The Labute approximate surface area is 119 Å². The third-order valence-electron chi connectivity index (χ3n) is 3.08. The van der Waals surface area contributed by atoms with Gasteiger partial charge in [0.25, 0.3) is 0 Å². The Balaban J connectivity index is 2.34. The Bertz CT molecular complexity index is 631. The lowest BCUT2D eigenvalue weighted by Crippen LogP contribution is -2.46. The number of morpholine rings is 1. The number of benzene rings is 1. The standard InChI is InChI=1S/C14H18N2O3S/c1-12-11-19-9-8-16(12)20(17,18)14-6-2-4-13(10-14)5-3-7-15/h2,4,6,10,12H,7-9,11,15H2,1H3. The molecule has 1 atom stereocenters. The predicted molar refractivity (Wildman–Crippen MR) is 76.5 cm³/mol. The van der Waals surface area contributed by atoms with Crippen LogP contribution in [0.25, 0.3) is 0 Å². The summed E-state index contributed by atoms with van der Waals surface area (Å²) < 4.78 is 32.0. The van der Waals surface area contributed by atoms with Crippen molar-refractivity contribution in [3.05, 3.63) is 29.8 Å². The first-order valence-electron chi connectivity index (χ1n) is 6.44. The summed E-state index contributed by atoms with van der Waals surface area (Å²) in [5.41, 5.74) is 5.97. The minimum absolute atomic E-state index is 0.160.